The number of nitriles is 2. The molecule has 110 valence electrons. The topological polar surface area (TPSA) is 73.6 Å². The highest BCUT2D eigenvalue weighted by molar-refractivity contribution is 7.99. The summed E-state index contributed by atoms with van der Waals surface area (Å²) in [5, 5.41) is 18.6. The van der Waals surface area contributed by atoms with Crippen molar-refractivity contribution in [3.8, 4) is 23.5 Å². The molecule has 0 aliphatic carbocycles. The van der Waals surface area contributed by atoms with Gasteiger partial charge in [0.1, 0.15) is 18.0 Å². The standard InChI is InChI=1S/C17H8FN3OS/c18-14-6-4-11(5-7-14)15-10-21-17(22-15)23-16-12(8-19)2-1-3-13(16)9-20/h1-7,10H. The van der Waals surface area contributed by atoms with E-state index < -0.39 is 0 Å². The zero-order chi connectivity index (χ0) is 16.2. The first-order chi connectivity index (χ1) is 11.2. The minimum Gasteiger partial charge on any atom is -0.431 e. The minimum atomic E-state index is -0.329. The van der Waals surface area contributed by atoms with Gasteiger partial charge in [-0.2, -0.15) is 10.5 Å². The number of nitrogens with zero attached hydrogens (tertiary/aromatic N) is 3. The summed E-state index contributed by atoms with van der Waals surface area (Å²) in [5.74, 6) is 0.157. The van der Waals surface area contributed by atoms with Gasteiger partial charge in [0.15, 0.2) is 5.76 Å². The van der Waals surface area contributed by atoms with Gasteiger partial charge in [0.05, 0.1) is 22.2 Å². The zero-order valence-corrected chi connectivity index (χ0v) is 12.5. The van der Waals surface area contributed by atoms with Crippen LogP contribution in [0.3, 0.4) is 0 Å². The number of halogens is 1. The molecule has 0 saturated carbocycles. The SMILES string of the molecule is N#Cc1cccc(C#N)c1Sc1ncc(-c2ccc(F)cc2)o1. The van der Waals surface area contributed by atoms with Crippen molar-refractivity contribution in [3.05, 3.63) is 65.6 Å². The lowest BCUT2D eigenvalue weighted by atomic mass is 10.1. The Kier molecular flexibility index (Phi) is 4.09. The summed E-state index contributed by atoms with van der Waals surface area (Å²) < 4.78 is 18.6. The first-order valence-electron chi connectivity index (χ1n) is 6.54. The Balaban J connectivity index is 1.93. The summed E-state index contributed by atoms with van der Waals surface area (Å²) in [6.45, 7) is 0. The van der Waals surface area contributed by atoms with Gasteiger partial charge in [-0.05, 0) is 48.2 Å². The fourth-order valence-corrected chi connectivity index (χ4v) is 2.82. The van der Waals surface area contributed by atoms with Crippen LogP contribution in [0.2, 0.25) is 0 Å². The third kappa shape index (κ3) is 3.08. The first kappa shape index (κ1) is 14.8. The van der Waals surface area contributed by atoms with Crippen LogP contribution in [0.5, 0.6) is 0 Å². The second kappa shape index (κ2) is 6.35. The molecule has 0 unspecified atom stereocenters. The lowest BCUT2D eigenvalue weighted by Crippen LogP contribution is -1.86. The molecule has 0 atom stereocenters. The maximum Gasteiger partial charge on any atom is 0.261 e. The number of rotatable bonds is 3. The summed E-state index contributed by atoms with van der Waals surface area (Å²) in [4.78, 5) is 4.65. The van der Waals surface area contributed by atoms with Crippen molar-refractivity contribution >= 4 is 11.8 Å². The van der Waals surface area contributed by atoms with Crippen molar-refractivity contribution in [2.75, 3.05) is 0 Å². The summed E-state index contributed by atoms with van der Waals surface area (Å²) >= 11 is 1.11. The molecule has 3 rings (SSSR count). The summed E-state index contributed by atoms with van der Waals surface area (Å²) in [7, 11) is 0. The molecular weight excluding hydrogens is 313 g/mol. The van der Waals surface area contributed by atoms with Gasteiger partial charge in [0.2, 0.25) is 0 Å². The van der Waals surface area contributed by atoms with E-state index in [4.69, 9.17) is 14.9 Å². The van der Waals surface area contributed by atoms with E-state index >= 15 is 0 Å². The van der Waals surface area contributed by atoms with Gasteiger partial charge in [-0.3, -0.25) is 0 Å². The zero-order valence-electron chi connectivity index (χ0n) is 11.7. The number of hydrogen-bond acceptors (Lipinski definition) is 5. The second-order valence-electron chi connectivity index (χ2n) is 4.51. The van der Waals surface area contributed by atoms with Crippen LogP contribution in [0.25, 0.3) is 11.3 Å². The Labute approximate surface area is 135 Å². The monoisotopic (exact) mass is 321 g/mol. The molecule has 0 aliphatic heterocycles. The third-order valence-electron chi connectivity index (χ3n) is 3.06. The van der Waals surface area contributed by atoms with Gasteiger partial charge in [0.25, 0.3) is 5.22 Å². The predicted octanol–water partition coefficient (Wildman–Crippen LogP) is 4.38. The molecule has 4 nitrogen and oxygen atoms in total. The summed E-state index contributed by atoms with van der Waals surface area (Å²) in [6, 6.07) is 14.9. The van der Waals surface area contributed by atoms with Crippen molar-refractivity contribution in [3.63, 3.8) is 0 Å². The van der Waals surface area contributed by atoms with Gasteiger partial charge in [-0.25, -0.2) is 9.37 Å². The van der Waals surface area contributed by atoms with Gasteiger partial charge < -0.3 is 4.42 Å². The highest BCUT2D eigenvalue weighted by Crippen LogP contribution is 2.34. The number of aromatic nitrogens is 1. The number of hydrogen-bond donors (Lipinski definition) is 0. The molecule has 2 aromatic carbocycles. The van der Waals surface area contributed by atoms with E-state index in [0.717, 1.165) is 11.8 Å². The molecule has 0 amide bonds. The van der Waals surface area contributed by atoms with Crippen LogP contribution in [0, 0.1) is 28.5 Å². The van der Waals surface area contributed by atoms with Crippen molar-refractivity contribution < 1.29 is 8.81 Å². The molecule has 0 radical (unpaired) electrons. The van der Waals surface area contributed by atoms with Gasteiger partial charge >= 0.3 is 0 Å². The molecule has 1 heterocycles. The molecule has 0 aliphatic rings. The molecule has 1 aromatic heterocycles. The van der Waals surface area contributed by atoms with E-state index in [-0.39, 0.29) is 5.82 Å². The fraction of sp³-hybridized carbons (Fsp3) is 0. The van der Waals surface area contributed by atoms with Crippen LogP contribution < -0.4 is 0 Å². The van der Waals surface area contributed by atoms with Gasteiger partial charge in [-0.15, -0.1) is 0 Å². The van der Waals surface area contributed by atoms with E-state index in [9.17, 15) is 4.39 Å². The van der Waals surface area contributed by atoms with Crippen molar-refractivity contribution in [2.24, 2.45) is 0 Å². The van der Waals surface area contributed by atoms with Crippen LogP contribution in [0.15, 0.2) is 63.2 Å². The molecule has 0 spiro atoms. The lowest BCUT2D eigenvalue weighted by Gasteiger charge is -2.02. The average molecular weight is 321 g/mol. The molecule has 0 bridgehead atoms. The van der Waals surface area contributed by atoms with E-state index in [1.165, 1.54) is 18.3 Å². The molecule has 0 saturated heterocycles. The minimum absolute atomic E-state index is 0.309. The molecule has 0 fully saturated rings. The maximum absolute atomic E-state index is 13.0. The number of benzene rings is 2. The van der Waals surface area contributed by atoms with Crippen LogP contribution in [-0.4, -0.2) is 4.98 Å². The van der Waals surface area contributed by atoms with Crippen molar-refractivity contribution in [1.82, 2.24) is 4.98 Å². The molecule has 6 heteroatoms. The van der Waals surface area contributed by atoms with Crippen molar-refractivity contribution in [2.45, 2.75) is 10.1 Å². The van der Waals surface area contributed by atoms with E-state index in [0.29, 0.717) is 32.6 Å². The predicted molar refractivity (Wildman–Crippen MR) is 81.9 cm³/mol. The second-order valence-corrected chi connectivity index (χ2v) is 5.47. The highest BCUT2D eigenvalue weighted by Gasteiger charge is 2.14. The lowest BCUT2D eigenvalue weighted by molar-refractivity contribution is 0.466. The average Bonchev–Trinajstić information content (AvgIpc) is 3.04. The van der Waals surface area contributed by atoms with Crippen LogP contribution >= 0.6 is 11.8 Å². The summed E-state index contributed by atoms with van der Waals surface area (Å²) in [5.41, 5.74) is 1.46. The van der Waals surface area contributed by atoms with E-state index in [1.54, 1.807) is 30.3 Å². The Morgan fingerprint density at radius 3 is 2.26 bits per heavy atom. The largest absolute Gasteiger partial charge is 0.431 e. The number of oxazole rings is 1. The normalized spacial score (nSPS) is 10.0. The Bertz CT molecular complexity index is 903. The summed E-state index contributed by atoms with van der Waals surface area (Å²) in [6.07, 6.45) is 1.52. The van der Waals surface area contributed by atoms with Crippen LogP contribution in [-0.2, 0) is 0 Å². The maximum atomic E-state index is 13.0. The quantitative estimate of drug-likeness (QED) is 0.716. The van der Waals surface area contributed by atoms with E-state index in [1.807, 2.05) is 0 Å². The van der Waals surface area contributed by atoms with Gasteiger partial charge in [0, 0.05) is 5.56 Å². The fourth-order valence-electron chi connectivity index (χ4n) is 1.96. The molecule has 23 heavy (non-hydrogen) atoms. The first-order valence-corrected chi connectivity index (χ1v) is 7.36. The van der Waals surface area contributed by atoms with Crippen LogP contribution in [0.1, 0.15) is 11.1 Å². The molecular formula is C17H8FN3OS. The molecule has 0 N–H and O–H groups in total. The smallest absolute Gasteiger partial charge is 0.261 e. The Hall–Kier alpha value is -3.09. The Morgan fingerprint density at radius 2 is 1.65 bits per heavy atom. The van der Waals surface area contributed by atoms with Gasteiger partial charge in [-0.1, -0.05) is 6.07 Å². The van der Waals surface area contributed by atoms with E-state index in [2.05, 4.69) is 17.1 Å². The highest BCUT2D eigenvalue weighted by atomic mass is 32.2. The van der Waals surface area contributed by atoms with Crippen LogP contribution in [0.4, 0.5) is 4.39 Å². The Morgan fingerprint density at radius 1 is 1.00 bits per heavy atom. The third-order valence-corrected chi connectivity index (χ3v) is 4.07. The molecule has 3 aromatic rings. The van der Waals surface area contributed by atoms with Crippen molar-refractivity contribution in [1.29, 1.82) is 10.5 Å².